The third-order valence-corrected chi connectivity index (χ3v) is 3.46. The number of ketones is 1. The molecule has 1 aromatic heterocycles. The zero-order valence-corrected chi connectivity index (χ0v) is 11.0. The minimum Gasteiger partial charge on any atom is -0.356 e. The average molecular weight is 245 g/mol. The fourth-order valence-electron chi connectivity index (χ4n) is 2.00. The van der Waals surface area contributed by atoms with Crippen LogP contribution in [0, 0.1) is 33.5 Å². The molecule has 0 saturated heterocycles. The van der Waals surface area contributed by atoms with Gasteiger partial charge in [-0.05, 0) is 62.6 Å². The van der Waals surface area contributed by atoms with Gasteiger partial charge in [0, 0.05) is 11.3 Å². The number of hydrogen-bond acceptors (Lipinski definition) is 1. The average Bonchev–Trinajstić information content (AvgIpc) is 2.60. The molecule has 0 aliphatic carbocycles. The van der Waals surface area contributed by atoms with E-state index in [0.29, 0.717) is 16.8 Å². The van der Waals surface area contributed by atoms with Gasteiger partial charge in [0.1, 0.15) is 5.82 Å². The highest BCUT2D eigenvalue weighted by Crippen LogP contribution is 2.20. The van der Waals surface area contributed by atoms with Gasteiger partial charge in [-0.25, -0.2) is 4.39 Å². The van der Waals surface area contributed by atoms with E-state index in [0.717, 1.165) is 16.8 Å². The van der Waals surface area contributed by atoms with Crippen LogP contribution in [-0.4, -0.2) is 10.8 Å². The smallest absolute Gasteiger partial charge is 0.209 e. The fraction of sp³-hybridized carbons (Fsp3) is 0.267. The molecule has 18 heavy (non-hydrogen) atoms. The number of carbonyl (C=O) groups is 1. The van der Waals surface area contributed by atoms with Gasteiger partial charge in [0.25, 0.3) is 0 Å². The lowest BCUT2D eigenvalue weighted by atomic mass is 10.0. The van der Waals surface area contributed by atoms with Gasteiger partial charge in [0.05, 0.1) is 5.69 Å². The van der Waals surface area contributed by atoms with Crippen molar-refractivity contribution in [2.24, 2.45) is 0 Å². The van der Waals surface area contributed by atoms with Crippen molar-refractivity contribution in [3.8, 4) is 0 Å². The van der Waals surface area contributed by atoms with Crippen molar-refractivity contribution in [2.75, 3.05) is 0 Å². The lowest BCUT2D eigenvalue weighted by molar-refractivity contribution is 0.103. The summed E-state index contributed by atoms with van der Waals surface area (Å²) in [5.74, 6) is -0.381. The van der Waals surface area contributed by atoms with E-state index in [1.807, 2.05) is 20.8 Å². The number of hydrogen-bond donors (Lipinski definition) is 1. The number of aromatic amines is 1. The number of rotatable bonds is 2. The summed E-state index contributed by atoms with van der Waals surface area (Å²) in [6, 6.07) is 4.44. The SMILES string of the molecule is Cc1cc(C(=O)c2[nH]c(C)c(C)c2C)ccc1F. The monoisotopic (exact) mass is 245 g/mol. The van der Waals surface area contributed by atoms with Gasteiger partial charge in [-0.2, -0.15) is 0 Å². The third-order valence-electron chi connectivity index (χ3n) is 3.46. The molecule has 0 fully saturated rings. The zero-order valence-electron chi connectivity index (χ0n) is 11.0. The lowest BCUT2D eigenvalue weighted by Crippen LogP contribution is -2.04. The Labute approximate surface area is 106 Å². The van der Waals surface area contributed by atoms with Crippen molar-refractivity contribution in [3.05, 3.63) is 57.7 Å². The van der Waals surface area contributed by atoms with Crippen LogP contribution in [0.5, 0.6) is 0 Å². The summed E-state index contributed by atoms with van der Waals surface area (Å²) < 4.78 is 13.2. The molecule has 3 heteroatoms. The third kappa shape index (κ3) is 1.96. The van der Waals surface area contributed by atoms with Gasteiger partial charge >= 0.3 is 0 Å². The highest BCUT2D eigenvalue weighted by molar-refractivity contribution is 6.09. The van der Waals surface area contributed by atoms with E-state index >= 15 is 0 Å². The molecular formula is C15H16FNO. The highest BCUT2D eigenvalue weighted by Gasteiger charge is 2.17. The quantitative estimate of drug-likeness (QED) is 0.805. The molecule has 2 rings (SSSR count). The molecule has 2 nitrogen and oxygen atoms in total. The molecule has 1 heterocycles. The number of H-pyrrole nitrogens is 1. The molecule has 0 amide bonds. The fourth-order valence-corrected chi connectivity index (χ4v) is 2.00. The van der Waals surface area contributed by atoms with Crippen LogP contribution in [0.25, 0.3) is 0 Å². The van der Waals surface area contributed by atoms with Crippen molar-refractivity contribution in [2.45, 2.75) is 27.7 Å². The van der Waals surface area contributed by atoms with Gasteiger partial charge in [-0.3, -0.25) is 4.79 Å². The number of nitrogens with one attached hydrogen (secondary N) is 1. The van der Waals surface area contributed by atoms with Crippen molar-refractivity contribution in [1.29, 1.82) is 0 Å². The lowest BCUT2D eigenvalue weighted by Gasteiger charge is -2.03. The predicted molar refractivity (Wildman–Crippen MR) is 69.6 cm³/mol. The van der Waals surface area contributed by atoms with Crippen LogP contribution >= 0.6 is 0 Å². The Balaban J connectivity index is 2.48. The van der Waals surface area contributed by atoms with Gasteiger partial charge in [0.15, 0.2) is 0 Å². The van der Waals surface area contributed by atoms with Crippen LogP contribution in [-0.2, 0) is 0 Å². The largest absolute Gasteiger partial charge is 0.356 e. The summed E-state index contributed by atoms with van der Waals surface area (Å²) in [7, 11) is 0. The molecule has 0 unspecified atom stereocenters. The van der Waals surface area contributed by atoms with Crippen molar-refractivity contribution in [1.82, 2.24) is 4.98 Å². The van der Waals surface area contributed by atoms with Crippen molar-refractivity contribution >= 4 is 5.78 Å². The summed E-state index contributed by atoms with van der Waals surface area (Å²) >= 11 is 0. The minimum atomic E-state index is -0.290. The number of halogens is 1. The van der Waals surface area contributed by atoms with Crippen LogP contribution in [0.1, 0.15) is 38.4 Å². The second-order valence-electron chi connectivity index (χ2n) is 4.67. The van der Waals surface area contributed by atoms with Crippen LogP contribution in [0.3, 0.4) is 0 Å². The number of benzene rings is 1. The molecule has 0 aliphatic heterocycles. The molecule has 0 aliphatic rings. The maximum absolute atomic E-state index is 13.2. The van der Waals surface area contributed by atoms with Crippen LogP contribution in [0.15, 0.2) is 18.2 Å². The Morgan fingerprint density at radius 1 is 1.11 bits per heavy atom. The van der Waals surface area contributed by atoms with Crippen LogP contribution in [0.4, 0.5) is 4.39 Å². The Hall–Kier alpha value is -1.90. The predicted octanol–water partition coefficient (Wildman–Crippen LogP) is 3.62. The molecule has 0 atom stereocenters. The van der Waals surface area contributed by atoms with Crippen molar-refractivity contribution in [3.63, 3.8) is 0 Å². The summed E-state index contributed by atoms with van der Waals surface area (Å²) in [6.45, 7) is 7.50. The van der Waals surface area contributed by atoms with E-state index in [1.54, 1.807) is 13.0 Å². The van der Waals surface area contributed by atoms with E-state index in [1.165, 1.54) is 12.1 Å². The molecule has 1 N–H and O–H groups in total. The maximum atomic E-state index is 13.2. The molecule has 0 radical (unpaired) electrons. The Kier molecular flexibility index (Phi) is 3.07. The number of aromatic nitrogens is 1. The Morgan fingerprint density at radius 2 is 1.78 bits per heavy atom. The Morgan fingerprint density at radius 3 is 2.28 bits per heavy atom. The molecule has 0 spiro atoms. The number of aryl methyl sites for hydroxylation is 2. The first-order valence-electron chi connectivity index (χ1n) is 5.88. The second-order valence-corrected chi connectivity index (χ2v) is 4.67. The maximum Gasteiger partial charge on any atom is 0.209 e. The van der Waals surface area contributed by atoms with Gasteiger partial charge < -0.3 is 4.98 Å². The molecule has 1 aromatic carbocycles. The van der Waals surface area contributed by atoms with Gasteiger partial charge in [-0.15, -0.1) is 0 Å². The molecule has 94 valence electrons. The molecular weight excluding hydrogens is 229 g/mol. The van der Waals surface area contributed by atoms with E-state index < -0.39 is 0 Å². The van der Waals surface area contributed by atoms with E-state index in [-0.39, 0.29) is 11.6 Å². The van der Waals surface area contributed by atoms with E-state index in [2.05, 4.69) is 4.98 Å². The summed E-state index contributed by atoms with van der Waals surface area (Å²) in [5, 5.41) is 0. The first-order valence-corrected chi connectivity index (χ1v) is 5.88. The first kappa shape index (κ1) is 12.6. The van der Waals surface area contributed by atoms with E-state index in [4.69, 9.17) is 0 Å². The van der Waals surface area contributed by atoms with Crippen LogP contribution in [0.2, 0.25) is 0 Å². The highest BCUT2D eigenvalue weighted by atomic mass is 19.1. The normalized spacial score (nSPS) is 10.7. The molecule has 2 aromatic rings. The molecule has 0 saturated carbocycles. The first-order chi connectivity index (χ1) is 8.41. The van der Waals surface area contributed by atoms with Crippen LogP contribution < -0.4 is 0 Å². The summed E-state index contributed by atoms with van der Waals surface area (Å²) in [5.41, 5.74) is 4.64. The molecule has 0 bridgehead atoms. The Bertz CT molecular complexity index is 626. The van der Waals surface area contributed by atoms with E-state index in [9.17, 15) is 9.18 Å². The van der Waals surface area contributed by atoms with Gasteiger partial charge in [-0.1, -0.05) is 0 Å². The summed E-state index contributed by atoms with van der Waals surface area (Å²) in [6.07, 6.45) is 0. The standard InChI is InChI=1S/C15H16FNO/c1-8-7-12(5-6-13(8)16)15(18)14-10(3)9(2)11(4)17-14/h5-7,17H,1-4H3. The topological polar surface area (TPSA) is 32.9 Å². The number of carbonyl (C=O) groups excluding carboxylic acids is 1. The van der Waals surface area contributed by atoms with Crippen molar-refractivity contribution < 1.29 is 9.18 Å². The minimum absolute atomic E-state index is 0.0909. The second kappa shape index (κ2) is 4.41. The summed E-state index contributed by atoms with van der Waals surface area (Å²) in [4.78, 5) is 15.4. The zero-order chi connectivity index (χ0) is 13.4. The van der Waals surface area contributed by atoms with Gasteiger partial charge in [0.2, 0.25) is 5.78 Å².